The van der Waals surface area contributed by atoms with Gasteiger partial charge in [0.05, 0.1) is 12.5 Å². The fraction of sp³-hybridized carbons (Fsp3) is 0.727. The van der Waals surface area contributed by atoms with E-state index < -0.39 is 60.2 Å². The van der Waals surface area contributed by atoms with E-state index in [0.717, 1.165) is 0 Å². The summed E-state index contributed by atoms with van der Waals surface area (Å²) in [7, 11) is 0. The molecule has 0 unspecified atom stereocenters. The van der Waals surface area contributed by atoms with Crippen molar-refractivity contribution in [3.63, 3.8) is 0 Å². The van der Waals surface area contributed by atoms with Crippen LogP contribution in [0.2, 0.25) is 0 Å². The molecule has 0 aliphatic rings. The minimum absolute atomic E-state index is 0.0138. The topological polar surface area (TPSA) is 256 Å². The summed E-state index contributed by atoms with van der Waals surface area (Å²) >= 11 is 0. The molecule has 0 rings (SSSR count). The summed E-state index contributed by atoms with van der Waals surface area (Å²) in [4.78, 5) is 61.2. The summed E-state index contributed by atoms with van der Waals surface area (Å²) in [6.07, 6.45) is 0.906. The van der Waals surface area contributed by atoms with Crippen LogP contribution < -0.4 is 38.5 Å². The molecule has 14 nitrogen and oxygen atoms in total. The lowest BCUT2D eigenvalue weighted by atomic mass is 9.96. The van der Waals surface area contributed by atoms with Crippen LogP contribution in [0.25, 0.3) is 0 Å². The van der Waals surface area contributed by atoms with Crippen molar-refractivity contribution in [1.29, 1.82) is 5.41 Å². The van der Waals surface area contributed by atoms with Crippen LogP contribution >= 0.6 is 0 Å². The van der Waals surface area contributed by atoms with Crippen molar-refractivity contribution < 1.29 is 29.1 Å². The third kappa shape index (κ3) is 12.9. The number of rotatable bonds is 17. The highest BCUT2D eigenvalue weighted by molar-refractivity contribution is 5.95. The Hall–Kier alpha value is -3.42. The molecule has 0 heterocycles. The maximum Gasteiger partial charge on any atom is 0.326 e. The van der Waals surface area contributed by atoms with Gasteiger partial charge >= 0.3 is 5.97 Å². The van der Waals surface area contributed by atoms with E-state index in [1.807, 2.05) is 13.8 Å². The fourth-order valence-corrected chi connectivity index (χ4v) is 3.28. The molecule has 12 N–H and O–H groups in total. The van der Waals surface area contributed by atoms with Crippen molar-refractivity contribution in [2.75, 3.05) is 6.54 Å². The maximum absolute atomic E-state index is 13.1. The van der Waals surface area contributed by atoms with Gasteiger partial charge in [-0.1, -0.05) is 34.1 Å². The van der Waals surface area contributed by atoms with E-state index in [-0.39, 0.29) is 30.6 Å². The Bertz CT molecular complexity index is 791. The Labute approximate surface area is 211 Å². The summed E-state index contributed by atoms with van der Waals surface area (Å²) in [6, 6.07) is -4.55. The third-order valence-electron chi connectivity index (χ3n) is 5.50. The van der Waals surface area contributed by atoms with E-state index in [1.54, 1.807) is 13.8 Å². The predicted molar refractivity (Wildman–Crippen MR) is 133 cm³/mol. The molecule has 0 aromatic carbocycles. The fourth-order valence-electron chi connectivity index (χ4n) is 3.28. The molecule has 0 aromatic heterocycles. The van der Waals surface area contributed by atoms with E-state index in [0.29, 0.717) is 19.4 Å². The van der Waals surface area contributed by atoms with Crippen LogP contribution in [0.4, 0.5) is 0 Å². The van der Waals surface area contributed by atoms with Crippen LogP contribution in [0, 0.1) is 17.2 Å². The first-order valence-corrected chi connectivity index (χ1v) is 11.9. The molecule has 0 spiro atoms. The average Bonchev–Trinajstić information content (AvgIpc) is 2.77. The second-order valence-corrected chi connectivity index (χ2v) is 9.22. The number of hydrogen-bond donors (Lipinski definition) is 9. The van der Waals surface area contributed by atoms with Crippen molar-refractivity contribution in [3.8, 4) is 0 Å². The average molecular weight is 515 g/mol. The summed E-state index contributed by atoms with van der Waals surface area (Å²) < 4.78 is 0. The first-order valence-electron chi connectivity index (χ1n) is 11.9. The van der Waals surface area contributed by atoms with Gasteiger partial charge in [0.25, 0.3) is 0 Å². The van der Waals surface area contributed by atoms with Crippen LogP contribution in [0.3, 0.4) is 0 Å². The molecule has 14 heteroatoms. The SMILES string of the molecule is CC[C@H](C)[C@H](NC(=O)[C@H](CC(C)C)NC(=O)[C@@H](N)CCCNC(=N)N)C(=O)N[C@@H](CC(N)=O)C(=O)O. The van der Waals surface area contributed by atoms with Gasteiger partial charge < -0.3 is 43.6 Å². The van der Waals surface area contributed by atoms with Crippen molar-refractivity contribution in [2.24, 2.45) is 29.0 Å². The third-order valence-corrected chi connectivity index (χ3v) is 5.50. The van der Waals surface area contributed by atoms with E-state index in [1.165, 1.54) is 0 Å². The van der Waals surface area contributed by atoms with Gasteiger partial charge in [0.15, 0.2) is 5.96 Å². The van der Waals surface area contributed by atoms with Crippen LogP contribution in [0.15, 0.2) is 0 Å². The number of carboxylic acid groups (broad SMARTS) is 1. The molecule has 206 valence electrons. The highest BCUT2D eigenvalue weighted by atomic mass is 16.4. The molecule has 0 bridgehead atoms. The monoisotopic (exact) mass is 514 g/mol. The van der Waals surface area contributed by atoms with E-state index >= 15 is 0 Å². The summed E-state index contributed by atoms with van der Waals surface area (Å²) in [5.41, 5.74) is 16.2. The minimum atomic E-state index is -1.54. The zero-order valence-electron chi connectivity index (χ0n) is 21.4. The summed E-state index contributed by atoms with van der Waals surface area (Å²) in [6.45, 7) is 7.59. The lowest BCUT2D eigenvalue weighted by Crippen LogP contribution is -2.59. The Kier molecular flexibility index (Phi) is 14.7. The first-order chi connectivity index (χ1) is 16.7. The van der Waals surface area contributed by atoms with Gasteiger partial charge in [-0.05, 0) is 31.1 Å². The molecule has 36 heavy (non-hydrogen) atoms. The number of primary amides is 1. The smallest absolute Gasteiger partial charge is 0.326 e. The van der Waals surface area contributed by atoms with E-state index in [2.05, 4.69) is 21.3 Å². The molecule has 0 fully saturated rings. The van der Waals surface area contributed by atoms with E-state index in [4.69, 9.17) is 22.6 Å². The maximum atomic E-state index is 13.1. The van der Waals surface area contributed by atoms with Crippen LogP contribution in [0.1, 0.15) is 59.8 Å². The van der Waals surface area contributed by atoms with Crippen molar-refractivity contribution in [1.82, 2.24) is 21.3 Å². The van der Waals surface area contributed by atoms with Crippen LogP contribution in [-0.2, 0) is 24.0 Å². The van der Waals surface area contributed by atoms with Crippen LogP contribution in [-0.4, -0.2) is 71.4 Å². The standard InChI is InChI=1S/C22H42N8O6/c1-5-12(4)17(20(34)29-15(21(35)36)10-16(24)31)30-19(33)14(9-11(2)3)28-18(32)13(23)7-6-8-27-22(25)26/h11-15,17H,5-10,23H2,1-4H3,(H2,24,31)(H,28,32)(H,29,34)(H,30,33)(H,35,36)(H4,25,26,27)/t12-,13-,14-,15-,17-/m0/s1. The Balaban J connectivity index is 5.43. The normalized spacial score (nSPS) is 15.1. The van der Waals surface area contributed by atoms with Gasteiger partial charge in [0.1, 0.15) is 18.1 Å². The van der Waals surface area contributed by atoms with Crippen molar-refractivity contribution >= 4 is 35.6 Å². The van der Waals surface area contributed by atoms with Gasteiger partial charge in [-0.15, -0.1) is 0 Å². The number of carboxylic acids is 1. The van der Waals surface area contributed by atoms with Gasteiger partial charge in [-0.25, -0.2) is 4.79 Å². The number of guanidine groups is 1. The van der Waals surface area contributed by atoms with Gasteiger partial charge in [-0.2, -0.15) is 0 Å². The Morgan fingerprint density at radius 2 is 1.50 bits per heavy atom. The molecule has 4 amide bonds. The predicted octanol–water partition coefficient (Wildman–Crippen LogP) is -1.92. The molecule has 0 saturated carbocycles. The number of carbonyl (C=O) groups is 5. The molecular weight excluding hydrogens is 472 g/mol. The number of nitrogens with two attached hydrogens (primary N) is 3. The van der Waals surface area contributed by atoms with Crippen molar-refractivity contribution in [3.05, 3.63) is 0 Å². The highest BCUT2D eigenvalue weighted by Gasteiger charge is 2.33. The Morgan fingerprint density at radius 1 is 0.917 bits per heavy atom. The molecule has 0 saturated heterocycles. The lowest BCUT2D eigenvalue weighted by molar-refractivity contribution is -0.144. The molecule has 0 aromatic rings. The molecule has 5 atom stereocenters. The number of aliphatic carboxylic acids is 1. The quantitative estimate of drug-likeness (QED) is 0.0594. The molecule has 0 aliphatic carbocycles. The van der Waals surface area contributed by atoms with E-state index in [9.17, 15) is 29.1 Å². The lowest BCUT2D eigenvalue weighted by Gasteiger charge is -2.28. The summed E-state index contributed by atoms with van der Waals surface area (Å²) in [5, 5.41) is 26.5. The number of amides is 4. The zero-order valence-corrected chi connectivity index (χ0v) is 21.4. The number of carbonyl (C=O) groups excluding carboxylic acids is 4. The Morgan fingerprint density at radius 3 is 1.97 bits per heavy atom. The largest absolute Gasteiger partial charge is 0.480 e. The molecule has 0 radical (unpaired) electrons. The first kappa shape index (κ1) is 32.6. The van der Waals surface area contributed by atoms with Crippen LogP contribution in [0.5, 0.6) is 0 Å². The second kappa shape index (κ2) is 16.3. The number of hydrogen-bond acceptors (Lipinski definition) is 7. The van der Waals surface area contributed by atoms with Gasteiger partial charge in [-0.3, -0.25) is 24.6 Å². The van der Waals surface area contributed by atoms with Crippen molar-refractivity contribution in [2.45, 2.75) is 84.0 Å². The number of nitrogens with one attached hydrogen (secondary N) is 5. The summed E-state index contributed by atoms with van der Waals surface area (Å²) in [5.74, 6) is -4.85. The van der Waals surface area contributed by atoms with Gasteiger partial charge in [0.2, 0.25) is 23.6 Å². The highest BCUT2D eigenvalue weighted by Crippen LogP contribution is 2.12. The zero-order chi connectivity index (χ0) is 28.0. The molecular formula is C22H42N8O6. The minimum Gasteiger partial charge on any atom is -0.480 e. The second-order valence-electron chi connectivity index (χ2n) is 9.22. The molecule has 0 aliphatic heterocycles. The van der Waals surface area contributed by atoms with Gasteiger partial charge in [0, 0.05) is 6.54 Å².